The van der Waals surface area contributed by atoms with Gasteiger partial charge in [-0.25, -0.2) is 0 Å². The van der Waals surface area contributed by atoms with Crippen molar-refractivity contribution in [2.24, 2.45) is 0 Å². The van der Waals surface area contributed by atoms with E-state index in [-0.39, 0.29) is 5.38 Å². The summed E-state index contributed by atoms with van der Waals surface area (Å²) in [5, 5.41) is 8.58. The van der Waals surface area contributed by atoms with Crippen molar-refractivity contribution >= 4 is 11.6 Å². The van der Waals surface area contributed by atoms with Crippen molar-refractivity contribution in [1.82, 2.24) is 15.1 Å². The van der Waals surface area contributed by atoms with Crippen LogP contribution < -0.4 is 5.32 Å². The van der Waals surface area contributed by atoms with Crippen molar-refractivity contribution in [2.75, 3.05) is 0 Å². The molecule has 0 radical (unpaired) electrons. The first-order chi connectivity index (χ1) is 9.74. The number of halogens is 1. The smallest absolute Gasteiger partial charge is 0.0762 e. The molecule has 20 heavy (non-hydrogen) atoms. The minimum Gasteiger partial charge on any atom is -0.307 e. The summed E-state index contributed by atoms with van der Waals surface area (Å²) in [6, 6.07) is 3.10. The van der Waals surface area contributed by atoms with Gasteiger partial charge in [0.25, 0.3) is 0 Å². The predicted octanol–water partition coefficient (Wildman–Crippen LogP) is 4.27. The first-order valence-corrected chi connectivity index (χ1v) is 8.59. The standard InChI is InChI=1S/C16H28ClN3/c1-3-14(4-2)20-11-10-13(19-20)12-18-16-9-7-5-6-8-15(16)17/h10-11,14-16,18H,3-9,12H2,1-2H3. The zero-order valence-corrected chi connectivity index (χ0v) is 13.6. The van der Waals surface area contributed by atoms with Gasteiger partial charge >= 0.3 is 0 Å². The van der Waals surface area contributed by atoms with Crippen LogP contribution in [0.4, 0.5) is 0 Å². The summed E-state index contributed by atoms with van der Waals surface area (Å²) in [7, 11) is 0. The molecule has 1 fully saturated rings. The number of hydrogen-bond donors (Lipinski definition) is 1. The van der Waals surface area contributed by atoms with Gasteiger partial charge < -0.3 is 5.32 Å². The lowest BCUT2D eigenvalue weighted by Gasteiger charge is -2.20. The Bertz CT molecular complexity index is 387. The zero-order valence-electron chi connectivity index (χ0n) is 12.8. The second kappa shape index (κ2) is 8.04. The quantitative estimate of drug-likeness (QED) is 0.627. The van der Waals surface area contributed by atoms with Gasteiger partial charge in [0.1, 0.15) is 0 Å². The first-order valence-electron chi connectivity index (χ1n) is 8.16. The topological polar surface area (TPSA) is 29.9 Å². The summed E-state index contributed by atoms with van der Waals surface area (Å²) < 4.78 is 2.11. The average Bonchev–Trinajstić information content (AvgIpc) is 2.82. The van der Waals surface area contributed by atoms with Crippen molar-refractivity contribution < 1.29 is 0 Å². The highest BCUT2D eigenvalue weighted by molar-refractivity contribution is 6.21. The summed E-state index contributed by atoms with van der Waals surface area (Å²) in [4.78, 5) is 0. The molecular weight excluding hydrogens is 270 g/mol. The van der Waals surface area contributed by atoms with E-state index in [1.165, 1.54) is 25.7 Å². The SMILES string of the molecule is CCC(CC)n1ccc(CNC2CCCCCC2Cl)n1. The van der Waals surface area contributed by atoms with Gasteiger partial charge in [0.15, 0.2) is 0 Å². The van der Waals surface area contributed by atoms with Gasteiger partial charge in [-0.1, -0.05) is 33.1 Å². The van der Waals surface area contributed by atoms with Crippen LogP contribution in [0.15, 0.2) is 12.3 Å². The van der Waals surface area contributed by atoms with Crippen molar-refractivity contribution in [1.29, 1.82) is 0 Å². The lowest BCUT2D eigenvalue weighted by Crippen LogP contribution is -2.36. The van der Waals surface area contributed by atoms with Crippen LogP contribution in [0.2, 0.25) is 0 Å². The van der Waals surface area contributed by atoms with Crippen LogP contribution in [0.1, 0.15) is 70.5 Å². The predicted molar refractivity (Wildman–Crippen MR) is 85.2 cm³/mol. The highest BCUT2D eigenvalue weighted by Gasteiger charge is 2.21. The normalized spacial score (nSPS) is 24.0. The Morgan fingerprint density at radius 1 is 1.30 bits per heavy atom. The number of aromatic nitrogens is 2. The van der Waals surface area contributed by atoms with Crippen molar-refractivity contribution in [3.63, 3.8) is 0 Å². The summed E-state index contributed by atoms with van der Waals surface area (Å²) in [6.45, 7) is 5.27. The summed E-state index contributed by atoms with van der Waals surface area (Å²) in [5.41, 5.74) is 1.13. The van der Waals surface area contributed by atoms with Gasteiger partial charge in [-0.3, -0.25) is 4.68 Å². The van der Waals surface area contributed by atoms with Gasteiger partial charge in [-0.2, -0.15) is 5.10 Å². The van der Waals surface area contributed by atoms with E-state index < -0.39 is 0 Å². The van der Waals surface area contributed by atoms with E-state index in [0.717, 1.165) is 31.5 Å². The molecule has 0 bridgehead atoms. The Labute approximate surface area is 128 Å². The van der Waals surface area contributed by atoms with E-state index in [2.05, 4.69) is 36.1 Å². The molecule has 114 valence electrons. The fraction of sp³-hybridized carbons (Fsp3) is 0.812. The van der Waals surface area contributed by atoms with E-state index in [4.69, 9.17) is 16.7 Å². The molecule has 1 heterocycles. The minimum atomic E-state index is 0.276. The number of nitrogens with zero attached hydrogens (tertiary/aromatic N) is 2. The molecule has 1 aliphatic rings. The van der Waals surface area contributed by atoms with Gasteiger partial charge in [0.2, 0.25) is 0 Å². The number of hydrogen-bond acceptors (Lipinski definition) is 2. The van der Waals surface area contributed by atoms with Crippen molar-refractivity contribution in [2.45, 2.75) is 82.8 Å². The Hall–Kier alpha value is -0.540. The molecule has 0 aliphatic heterocycles. The molecule has 1 aromatic heterocycles. The molecule has 1 saturated carbocycles. The monoisotopic (exact) mass is 297 g/mol. The number of nitrogens with one attached hydrogen (secondary N) is 1. The van der Waals surface area contributed by atoms with Crippen LogP contribution in [-0.2, 0) is 6.54 Å². The lowest BCUT2D eigenvalue weighted by molar-refractivity contribution is 0.418. The van der Waals surface area contributed by atoms with Crippen molar-refractivity contribution in [3.05, 3.63) is 18.0 Å². The van der Waals surface area contributed by atoms with E-state index in [1.807, 2.05) is 0 Å². The third-order valence-corrected chi connectivity index (χ3v) is 4.98. The maximum atomic E-state index is 6.47. The molecule has 2 atom stereocenters. The van der Waals surface area contributed by atoms with Gasteiger partial charge in [0, 0.05) is 24.2 Å². The van der Waals surface area contributed by atoms with Crippen LogP contribution >= 0.6 is 11.6 Å². The first kappa shape index (κ1) is 15.8. The summed E-state index contributed by atoms with van der Waals surface area (Å²) in [6.07, 6.45) is 10.6. The summed E-state index contributed by atoms with van der Waals surface area (Å²) >= 11 is 6.47. The third kappa shape index (κ3) is 4.23. The third-order valence-electron chi connectivity index (χ3n) is 4.46. The number of rotatable bonds is 6. The van der Waals surface area contributed by atoms with Crippen LogP contribution in [-0.4, -0.2) is 21.2 Å². The van der Waals surface area contributed by atoms with Gasteiger partial charge in [-0.15, -0.1) is 11.6 Å². The lowest BCUT2D eigenvalue weighted by atomic mass is 10.1. The second-order valence-electron chi connectivity index (χ2n) is 5.90. The molecule has 0 amide bonds. The Morgan fingerprint density at radius 2 is 2.05 bits per heavy atom. The maximum Gasteiger partial charge on any atom is 0.0762 e. The molecule has 2 rings (SSSR count). The van der Waals surface area contributed by atoms with Crippen LogP contribution in [0.5, 0.6) is 0 Å². The summed E-state index contributed by atoms with van der Waals surface area (Å²) in [5.74, 6) is 0. The Balaban J connectivity index is 1.87. The molecule has 4 heteroatoms. The molecule has 0 aromatic carbocycles. The molecular formula is C16H28ClN3. The fourth-order valence-corrected chi connectivity index (χ4v) is 3.44. The molecule has 0 spiro atoms. The van der Waals surface area contributed by atoms with E-state index in [1.54, 1.807) is 0 Å². The highest BCUT2D eigenvalue weighted by atomic mass is 35.5. The highest BCUT2D eigenvalue weighted by Crippen LogP contribution is 2.22. The molecule has 1 N–H and O–H groups in total. The maximum absolute atomic E-state index is 6.47. The molecule has 1 aromatic rings. The van der Waals surface area contributed by atoms with E-state index in [9.17, 15) is 0 Å². The second-order valence-corrected chi connectivity index (χ2v) is 6.46. The largest absolute Gasteiger partial charge is 0.307 e. The molecule has 0 saturated heterocycles. The van der Waals surface area contributed by atoms with Crippen LogP contribution in [0.3, 0.4) is 0 Å². The Kier molecular flexibility index (Phi) is 6.37. The fourth-order valence-electron chi connectivity index (χ4n) is 3.07. The van der Waals surface area contributed by atoms with Crippen molar-refractivity contribution in [3.8, 4) is 0 Å². The average molecular weight is 298 g/mol. The van der Waals surface area contributed by atoms with Gasteiger partial charge in [-0.05, 0) is 31.7 Å². The van der Waals surface area contributed by atoms with E-state index >= 15 is 0 Å². The molecule has 2 unspecified atom stereocenters. The van der Waals surface area contributed by atoms with Crippen LogP contribution in [0, 0.1) is 0 Å². The minimum absolute atomic E-state index is 0.276. The van der Waals surface area contributed by atoms with Gasteiger partial charge in [0.05, 0.1) is 11.7 Å². The van der Waals surface area contributed by atoms with E-state index in [0.29, 0.717) is 12.1 Å². The Morgan fingerprint density at radius 3 is 2.80 bits per heavy atom. The molecule has 3 nitrogen and oxygen atoms in total. The van der Waals surface area contributed by atoms with Crippen LogP contribution in [0.25, 0.3) is 0 Å². The molecule has 1 aliphatic carbocycles. The number of alkyl halides is 1. The zero-order chi connectivity index (χ0) is 14.4.